The number of rotatable bonds is 3. The van der Waals surface area contributed by atoms with Crippen LogP contribution in [0.4, 0.5) is 0 Å². The zero-order valence-electron chi connectivity index (χ0n) is 15.4. The van der Waals surface area contributed by atoms with E-state index in [0.29, 0.717) is 6.42 Å². The molecule has 3 rings (SSSR count). The maximum atomic E-state index is 12.3. The molecule has 1 atom stereocenters. The highest BCUT2D eigenvalue weighted by atomic mass is 16.3. The van der Waals surface area contributed by atoms with E-state index in [-0.39, 0.29) is 29.1 Å². The minimum atomic E-state index is -0.931. The van der Waals surface area contributed by atoms with Gasteiger partial charge in [0.1, 0.15) is 5.69 Å². The number of nitrogens with zero attached hydrogens (tertiary/aromatic N) is 4. The van der Waals surface area contributed by atoms with Crippen molar-refractivity contribution in [1.29, 1.82) is 0 Å². The monoisotopic (exact) mass is 348 g/mol. The summed E-state index contributed by atoms with van der Waals surface area (Å²) < 4.78 is 1.47. The molecule has 1 spiro atoms. The van der Waals surface area contributed by atoms with Crippen molar-refractivity contribution >= 4 is 5.91 Å². The first-order chi connectivity index (χ1) is 11.8. The van der Waals surface area contributed by atoms with E-state index in [4.69, 9.17) is 0 Å². The summed E-state index contributed by atoms with van der Waals surface area (Å²) in [5.74, 6) is -0.250. The lowest BCUT2D eigenvalue weighted by molar-refractivity contribution is -0.139. The topological polar surface area (TPSA) is 78.7 Å². The summed E-state index contributed by atoms with van der Waals surface area (Å²) in [6.45, 7) is 1.88. The lowest BCUT2D eigenvalue weighted by atomic mass is 9.66. The highest BCUT2D eigenvalue weighted by Crippen LogP contribution is 2.51. The van der Waals surface area contributed by atoms with Gasteiger partial charge in [0.2, 0.25) is 0 Å². The van der Waals surface area contributed by atoms with E-state index in [1.807, 2.05) is 0 Å². The van der Waals surface area contributed by atoms with Crippen LogP contribution in [0.1, 0.15) is 42.6 Å². The van der Waals surface area contributed by atoms with E-state index in [0.717, 1.165) is 38.8 Å². The number of carbonyl (C=O) groups excluding carboxylic acids is 1. The first kappa shape index (κ1) is 18.1. The molecule has 2 heterocycles. The summed E-state index contributed by atoms with van der Waals surface area (Å²) in [7, 11) is 5.39. The Hall–Kier alpha value is -1.73. The van der Waals surface area contributed by atoms with Crippen molar-refractivity contribution in [2.24, 2.45) is 5.41 Å². The molecular formula is C18H28N4O3. The van der Waals surface area contributed by atoms with Crippen LogP contribution in [0.25, 0.3) is 0 Å². The second-order valence-electron chi connectivity index (χ2n) is 7.95. The van der Waals surface area contributed by atoms with Crippen LogP contribution in [0.3, 0.4) is 0 Å². The van der Waals surface area contributed by atoms with Gasteiger partial charge in [0, 0.05) is 38.8 Å². The molecule has 1 unspecified atom stereocenters. The van der Waals surface area contributed by atoms with Crippen molar-refractivity contribution < 1.29 is 9.90 Å². The van der Waals surface area contributed by atoms with Gasteiger partial charge in [-0.1, -0.05) is 12.8 Å². The third kappa shape index (κ3) is 3.22. The largest absolute Gasteiger partial charge is 0.387 e. The first-order valence-corrected chi connectivity index (χ1v) is 8.95. The van der Waals surface area contributed by atoms with Gasteiger partial charge in [0.15, 0.2) is 0 Å². The third-order valence-corrected chi connectivity index (χ3v) is 5.96. The number of amides is 1. The summed E-state index contributed by atoms with van der Waals surface area (Å²) >= 11 is 0. The van der Waals surface area contributed by atoms with E-state index in [2.05, 4.69) is 16.9 Å². The van der Waals surface area contributed by atoms with Gasteiger partial charge in [-0.15, -0.1) is 0 Å². The van der Waals surface area contributed by atoms with Crippen molar-refractivity contribution in [1.82, 2.24) is 19.4 Å². The molecule has 1 N–H and O–H groups in total. The fraction of sp³-hybridized carbons (Fsp3) is 0.722. The van der Waals surface area contributed by atoms with Crippen molar-refractivity contribution in [3.63, 3.8) is 0 Å². The van der Waals surface area contributed by atoms with Gasteiger partial charge < -0.3 is 19.5 Å². The van der Waals surface area contributed by atoms with Crippen LogP contribution in [-0.4, -0.2) is 70.2 Å². The molecule has 0 radical (unpaired) electrons. The van der Waals surface area contributed by atoms with Gasteiger partial charge in [0.05, 0.1) is 18.3 Å². The molecule has 2 fully saturated rings. The Bertz CT molecular complexity index is 709. The minimum Gasteiger partial charge on any atom is -0.387 e. The van der Waals surface area contributed by atoms with Gasteiger partial charge >= 0.3 is 0 Å². The number of aliphatic hydroxyl groups is 1. The van der Waals surface area contributed by atoms with Gasteiger partial charge in [-0.2, -0.15) is 0 Å². The number of aromatic nitrogens is 2. The Morgan fingerprint density at radius 3 is 2.64 bits per heavy atom. The molecule has 0 bridgehead atoms. The Morgan fingerprint density at radius 2 is 2.00 bits per heavy atom. The number of likely N-dealkylation sites (tertiary alicyclic amines) is 1. The van der Waals surface area contributed by atoms with E-state index in [9.17, 15) is 14.7 Å². The normalized spacial score (nSPS) is 26.1. The number of carbonyl (C=O) groups is 1. The van der Waals surface area contributed by atoms with Gasteiger partial charge in [-0.25, -0.2) is 4.98 Å². The maximum absolute atomic E-state index is 12.3. The summed E-state index contributed by atoms with van der Waals surface area (Å²) in [4.78, 5) is 32.1. The number of piperidine rings is 1. The molecule has 1 aromatic heterocycles. The van der Waals surface area contributed by atoms with E-state index >= 15 is 0 Å². The molecule has 1 aliphatic heterocycles. The molecule has 0 aromatic carbocycles. The van der Waals surface area contributed by atoms with E-state index in [1.165, 1.54) is 21.9 Å². The lowest BCUT2D eigenvalue weighted by Crippen LogP contribution is -2.60. The minimum absolute atomic E-state index is 0.172. The van der Waals surface area contributed by atoms with Crippen LogP contribution in [0, 0.1) is 5.41 Å². The van der Waals surface area contributed by atoms with Crippen molar-refractivity contribution in [2.75, 3.05) is 34.2 Å². The molecule has 1 aliphatic carbocycles. The average molecular weight is 348 g/mol. The Morgan fingerprint density at radius 1 is 1.32 bits per heavy atom. The second kappa shape index (κ2) is 6.53. The molecule has 7 heteroatoms. The fourth-order valence-corrected chi connectivity index (χ4v) is 4.49. The van der Waals surface area contributed by atoms with Crippen LogP contribution >= 0.6 is 0 Å². The Kier molecular flexibility index (Phi) is 4.72. The van der Waals surface area contributed by atoms with E-state index in [1.54, 1.807) is 14.1 Å². The Balaban J connectivity index is 1.93. The molecule has 25 heavy (non-hydrogen) atoms. The number of hydrogen-bond acceptors (Lipinski definition) is 5. The summed E-state index contributed by atoms with van der Waals surface area (Å²) in [6.07, 6.45) is 7.50. The molecule has 138 valence electrons. The van der Waals surface area contributed by atoms with E-state index < -0.39 is 5.60 Å². The van der Waals surface area contributed by atoms with Crippen molar-refractivity contribution in [2.45, 2.75) is 44.2 Å². The zero-order valence-corrected chi connectivity index (χ0v) is 15.4. The predicted octanol–water partition coefficient (Wildman–Crippen LogP) is 0.572. The lowest BCUT2D eigenvalue weighted by Gasteiger charge is -2.51. The van der Waals surface area contributed by atoms with Crippen LogP contribution < -0.4 is 5.56 Å². The molecule has 1 amide bonds. The summed E-state index contributed by atoms with van der Waals surface area (Å²) in [5.41, 5.74) is -1.16. The van der Waals surface area contributed by atoms with Crippen LogP contribution in [0.2, 0.25) is 0 Å². The third-order valence-electron chi connectivity index (χ3n) is 5.96. The quantitative estimate of drug-likeness (QED) is 0.864. The van der Waals surface area contributed by atoms with Gasteiger partial charge in [-0.05, 0) is 26.3 Å². The van der Waals surface area contributed by atoms with Crippen molar-refractivity contribution in [3.05, 3.63) is 28.4 Å². The highest BCUT2D eigenvalue weighted by Gasteiger charge is 2.54. The first-order valence-electron chi connectivity index (χ1n) is 8.95. The molecular weight excluding hydrogens is 320 g/mol. The summed E-state index contributed by atoms with van der Waals surface area (Å²) in [6, 6.07) is 0. The molecule has 1 saturated heterocycles. The molecule has 1 aromatic rings. The smallest absolute Gasteiger partial charge is 0.273 e. The second-order valence-corrected chi connectivity index (χ2v) is 7.95. The standard InChI is InChI=1S/C18H28N4O3/c1-20(2)16(24)14-11-22(15(23)10-19-14)13-18(25)8-9-21(3)12-17(18)6-4-5-7-17/h10-11,25H,4-9,12-13H2,1-3H3. The SMILES string of the molecule is CN1CCC(O)(Cn2cc(C(=O)N(C)C)ncc2=O)C2(CCCC2)C1. The number of hydrogen-bond donors (Lipinski definition) is 1. The zero-order chi connectivity index (χ0) is 18.2. The maximum Gasteiger partial charge on any atom is 0.273 e. The van der Waals surface area contributed by atoms with Crippen molar-refractivity contribution in [3.8, 4) is 0 Å². The van der Waals surface area contributed by atoms with Crippen LogP contribution in [0.5, 0.6) is 0 Å². The Labute approximate surface area is 148 Å². The molecule has 7 nitrogen and oxygen atoms in total. The van der Waals surface area contributed by atoms with Gasteiger partial charge in [0.25, 0.3) is 11.5 Å². The molecule has 1 saturated carbocycles. The predicted molar refractivity (Wildman–Crippen MR) is 94.5 cm³/mol. The van der Waals surface area contributed by atoms with Gasteiger partial charge in [-0.3, -0.25) is 9.59 Å². The van der Waals surface area contributed by atoms with Crippen LogP contribution in [-0.2, 0) is 6.54 Å². The fourth-order valence-electron chi connectivity index (χ4n) is 4.49. The average Bonchev–Trinajstić information content (AvgIpc) is 3.03. The summed E-state index contributed by atoms with van der Waals surface area (Å²) in [5, 5.41) is 11.6. The molecule has 2 aliphatic rings. The highest BCUT2D eigenvalue weighted by molar-refractivity contribution is 5.91. The van der Waals surface area contributed by atoms with Crippen LogP contribution in [0.15, 0.2) is 17.2 Å².